The molecule has 0 saturated heterocycles. The molecule has 5 nitrogen and oxygen atoms in total. The molecule has 0 aromatic heterocycles. The second kappa shape index (κ2) is 8.32. The van der Waals surface area contributed by atoms with E-state index in [0.717, 1.165) is 5.56 Å². The lowest BCUT2D eigenvalue weighted by molar-refractivity contribution is -0.0512. The van der Waals surface area contributed by atoms with Gasteiger partial charge in [0, 0.05) is 19.2 Å². The van der Waals surface area contributed by atoms with Gasteiger partial charge in [0.2, 0.25) is 0 Å². The normalized spacial score (nSPS) is 10.5. The van der Waals surface area contributed by atoms with Gasteiger partial charge in [0.1, 0.15) is 5.75 Å². The molecule has 1 amide bonds. The van der Waals surface area contributed by atoms with Crippen LogP contribution >= 0.6 is 0 Å². The quantitative estimate of drug-likeness (QED) is 0.765. The molecule has 134 valence electrons. The highest BCUT2D eigenvalue weighted by molar-refractivity contribution is 5.94. The number of amides is 1. The molecular formula is C18H19F2NO4. The summed E-state index contributed by atoms with van der Waals surface area (Å²) in [5.74, 6) is 0.311. The van der Waals surface area contributed by atoms with E-state index in [2.05, 4.69) is 4.74 Å². The minimum Gasteiger partial charge on any atom is -0.497 e. The molecule has 0 aliphatic heterocycles. The van der Waals surface area contributed by atoms with E-state index in [-0.39, 0.29) is 23.0 Å². The van der Waals surface area contributed by atoms with E-state index >= 15 is 0 Å². The molecule has 0 bridgehead atoms. The van der Waals surface area contributed by atoms with Gasteiger partial charge in [-0.3, -0.25) is 4.79 Å². The highest BCUT2D eigenvalue weighted by Crippen LogP contribution is 2.30. The molecule has 0 aliphatic rings. The fourth-order valence-electron chi connectivity index (χ4n) is 2.33. The van der Waals surface area contributed by atoms with Crippen LogP contribution in [0.3, 0.4) is 0 Å². The number of benzene rings is 2. The Labute approximate surface area is 144 Å². The molecule has 2 rings (SSSR count). The molecule has 0 unspecified atom stereocenters. The van der Waals surface area contributed by atoms with Crippen molar-refractivity contribution in [3.8, 4) is 17.2 Å². The summed E-state index contributed by atoms with van der Waals surface area (Å²) in [7, 11) is 4.53. The number of hydrogen-bond acceptors (Lipinski definition) is 4. The molecule has 0 spiro atoms. The number of carbonyl (C=O) groups excluding carboxylic acids is 1. The molecule has 0 aliphatic carbocycles. The van der Waals surface area contributed by atoms with Gasteiger partial charge in [-0.1, -0.05) is 12.1 Å². The number of carbonyl (C=O) groups is 1. The standard InChI is InChI=1S/C18H19F2NO4/c1-21(11-12-5-4-6-14(9-12)23-2)17(22)13-7-8-15(24-3)16(10-13)25-18(19)20/h4-10,18H,11H2,1-3H3. The summed E-state index contributed by atoms with van der Waals surface area (Å²) in [6.45, 7) is -2.67. The molecule has 0 atom stereocenters. The SMILES string of the molecule is COc1cccc(CN(C)C(=O)c2ccc(OC)c(OC(F)F)c2)c1. The average Bonchev–Trinajstić information content (AvgIpc) is 2.60. The Balaban J connectivity index is 2.18. The number of nitrogens with zero attached hydrogens (tertiary/aromatic N) is 1. The van der Waals surface area contributed by atoms with Gasteiger partial charge in [-0.05, 0) is 35.9 Å². The van der Waals surface area contributed by atoms with Gasteiger partial charge in [-0.25, -0.2) is 0 Å². The zero-order valence-corrected chi connectivity index (χ0v) is 14.2. The van der Waals surface area contributed by atoms with Gasteiger partial charge in [0.15, 0.2) is 11.5 Å². The molecule has 25 heavy (non-hydrogen) atoms. The maximum Gasteiger partial charge on any atom is 0.387 e. The van der Waals surface area contributed by atoms with Crippen LogP contribution in [0.5, 0.6) is 17.2 Å². The summed E-state index contributed by atoms with van der Waals surface area (Å²) in [6, 6.07) is 11.5. The van der Waals surface area contributed by atoms with E-state index < -0.39 is 6.61 Å². The number of rotatable bonds is 7. The van der Waals surface area contributed by atoms with Gasteiger partial charge in [0.25, 0.3) is 5.91 Å². The third-order valence-corrected chi connectivity index (χ3v) is 3.53. The first-order valence-electron chi connectivity index (χ1n) is 7.46. The molecule has 7 heteroatoms. The Morgan fingerprint density at radius 2 is 1.84 bits per heavy atom. The average molecular weight is 351 g/mol. The van der Waals surface area contributed by atoms with Crippen LogP contribution in [-0.2, 0) is 6.54 Å². The molecule has 2 aromatic rings. The number of methoxy groups -OCH3 is 2. The predicted molar refractivity (Wildman–Crippen MR) is 88.4 cm³/mol. The van der Waals surface area contributed by atoms with Gasteiger partial charge in [-0.2, -0.15) is 8.78 Å². The third-order valence-electron chi connectivity index (χ3n) is 3.53. The van der Waals surface area contributed by atoms with E-state index in [0.29, 0.717) is 12.3 Å². The fourth-order valence-corrected chi connectivity index (χ4v) is 2.33. The summed E-state index contributed by atoms with van der Waals surface area (Å²) in [5.41, 5.74) is 1.11. The van der Waals surface area contributed by atoms with Gasteiger partial charge >= 0.3 is 6.61 Å². The zero-order valence-electron chi connectivity index (χ0n) is 14.2. The highest BCUT2D eigenvalue weighted by Gasteiger charge is 2.17. The van der Waals surface area contributed by atoms with Crippen LogP contribution < -0.4 is 14.2 Å². The molecule has 2 aromatic carbocycles. The first-order valence-corrected chi connectivity index (χ1v) is 7.46. The third kappa shape index (κ3) is 4.82. The van der Waals surface area contributed by atoms with Crippen LogP contribution in [0.1, 0.15) is 15.9 Å². The summed E-state index contributed by atoms with van der Waals surface area (Å²) in [6.07, 6.45) is 0. The molecule has 0 heterocycles. The van der Waals surface area contributed by atoms with E-state index in [1.54, 1.807) is 14.2 Å². The van der Waals surface area contributed by atoms with Crippen molar-refractivity contribution in [1.82, 2.24) is 4.90 Å². The van der Waals surface area contributed by atoms with Gasteiger partial charge in [-0.15, -0.1) is 0 Å². The number of halogens is 2. The lowest BCUT2D eigenvalue weighted by Gasteiger charge is -2.19. The number of ether oxygens (including phenoxy) is 3. The van der Waals surface area contributed by atoms with Crippen molar-refractivity contribution in [3.05, 3.63) is 53.6 Å². The Hall–Kier alpha value is -2.83. The Kier molecular flexibility index (Phi) is 6.16. The Morgan fingerprint density at radius 3 is 2.48 bits per heavy atom. The van der Waals surface area contributed by atoms with Crippen molar-refractivity contribution in [1.29, 1.82) is 0 Å². The van der Waals surface area contributed by atoms with Crippen LogP contribution in [0.15, 0.2) is 42.5 Å². The highest BCUT2D eigenvalue weighted by atomic mass is 19.3. The van der Waals surface area contributed by atoms with Crippen molar-refractivity contribution < 1.29 is 27.8 Å². The van der Waals surface area contributed by atoms with E-state index in [9.17, 15) is 13.6 Å². The second-order valence-electron chi connectivity index (χ2n) is 5.26. The molecule has 0 radical (unpaired) electrons. The summed E-state index contributed by atoms with van der Waals surface area (Å²) < 4.78 is 39.5. The van der Waals surface area contributed by atoms with Crippen LogP contribution in [0.25, 0.3) is 0 Å². The molecule has 0 fully saturated rings. The van der Waals surface area contributed by atoms with Crippen molar-refractivity contribution >= 4 is 5.91 Å². The van der Waals surface area contributed by atoms with E-state index in [4.69, 9.17) is 9.47 Å². The largest absolute Gasteiger partial charge is 0.497 e. The lowest BCUT2D eigenvalue weighted by Crippen LogP contribution is -2.26. The maximum absolute atomic E-state index is 12.6. The van der Waals surface area contributed by atoms with E-state index in [1.165, 1.54) is 30.2 Å². The van der Waals surface area contributed by atoms with Crippen molar-refractivity contribution in [2.45, 2.75) is 13.2 Å². The van der Waals surface area contributed by atoms with Crippen molar-refractivity contribution in [3.63, 3.8) is 0 Å². The van der Waals surface area contributed by atoms with Crippen LogP contribution in [0.4, 0.5) is 8.78 Å². The van der Waals surface area contributed by atoms with Gasteiger partial charge < -0.3 is 19.1 Å². The minimum absolute atomic E-state index is 0.132. The minimum atomic E-state index is -3.01. The lowest BCUT2D eigenvalue weighted by atomic mass is 10.1. The van der Waals surface area contributed by atoms with Crippen LogP contribution in [0.2, 0.25) is 0 Å². The smallest absolute Gasteiger partial charge is 0.387 e. The van der Waals surface area contributed by atoms with E-state index in [1.807, 2.05) is 24.3 Å². The Bertz CT molecular complexity index is 737. The number of hydrogen-bond donors (Lipinski definition) is 0. The summed E-state index contributed by atoms with van der Waals surface area (Å²) in [5, 5.41) is 0. The maximum atomic E-state index is 12.6. The van der Waals surface area contributed by atoms with Crippen molar-refractivity contribution in [2.24, 2.45) is 0 Å². The summed E-state index contributed by atoms with van der Waals surface area (Å²) in [4.78, 5) is 14.0. The number of alkyl halides is 2. The topological polar surface area (TPSA) is 48.0 Å². The second-order valence-corrected chi connectivity index (χ2v) is 5.26. The fraction of sp³-hybridized carbons (Fsp3) is 0.278. The monoisotopic (exact) mass is 351 g/mol. The van der Waals surface area contributed by atoms with Gasteiger partial charge in [0.05, 0.1) is 14.2 Å². The predicted octanol–water partition coefficient (Wildman–Crippen LogP) is 3.58. The molecule has 0 N–H and O–H groups in total. The van der Waals surface area contributed by atoms with Crippen LogP contribution in [0, 0.1) is 0 Å². The Morgan fingerprint density at radius 1 is 1.08 bits per heavy atom. The first kappa shape index (κ1) is 18.5. The van der Waals surface area contributed by atoms with Crippen molar-refractivity contribution in [2.75, 3.05) is 21.3 Å². The summed E-state index contributed by atoms with van der Waals surface area (Å²) >= 11 is 0. The zero-order chi connectivity index (χ0) is 18.4. The molecule has 0 saturated carbocycles. The van der Waals surface area contributed by atoms with Crippen LogP contribution in [-0.4, -0.2) is 38.7 Å². The first-order chi connectivity index (χ1) is 11.9. The molecular weight excluding hydrogens is 332 g/mol.